The van der Waals surface area contributed by atoms with E-state index in [2.05, 4.69) is 24.3 Å². The standard InChI is InChI=1S/C10H16N2O2/c1-10(2)6-7(3-4-11-10)8-5-9(13)12-14-8/h5,7,11H,3-4,6H2,1-2H3,(H,12,13). The van der Waals surface area contributed by atoms with Crippen LogP contribution in [0.5, 0.6) is 0 Å². The first kappa shape index (κ1) is 9.52. The molecular weight excluding hydrogens is 180 g/mol. The van der Waals surface area contributed by atoms with Gasteiger partial charge in [0.25, 0.3) is 5.56 Å². The van der Waals surface area contributed by atoms with Crippen LogP contribution in [-0.4, -0.2) is 17.2 Å². The highest BCUT2D eigenvalue weighted by Crippen LogP contribution is 2.31. The van der Waals surface area contributed by atoms with Crippen LogP contribution in [0.3, 0.4) is 0 Å². The normalized spacial score (nSPS) is 26.3. The minimum absolute atomic E-state index is 0.138. The molecule has 4 heteroatoms. The van der Waals surface area contributed by atoms with Crippen molar-refractivity contribution in [2.45, 2.75) is 38.1 Å². The number of aromatic amines is 1. The van der Waals surface area contributed by atoms with Gasteiger partial charge in [-0.15, -0.1) is 0 Å². The van der Waals surface area contributed by atoms with Gasteiger partial charge >= 0.3 is 0 Å². The zero-order valence-corrected chi connectivity index (χ0v) is 8.59. The lowest BCUT2D eigenvalue weighted by atomic mass is 9.83. The Morgan fingerprint density at radius 1 is 1.57 bits per heavy atom. The van der Waals surface area contributed by atoms with E-state index in [4.69, 9.17) is 4.52 Å². The molecule has 1 fully saturated rings. The second kappa shape index (κ2) is 3.28. The number of hydrogen-bond donors (Lipinski definition) is 2. The zero-order chi connectivity index (χ0) is 10.2. The molecule has 1 atom stereocenters. The van der Waals surface area contributed by atoms with Crippen molar-refractivity contribution in [2.75, 3.05) is 6.54 Å². The van der Waals surface area contributed by atoms with E-state index in [0.717, 1.165) is 25.1 Å². The SMILES string of the molecule is CC1(C)CC(c2cc(=O)[nH]o2)CCN1. The summed E-state index contributed by atoms with van der Waals surface area (Å²) in [7, 11) is 0. The first-order chi connectivity index (χ1) is 6.57. The number of hydrogen-bond acceptors (Lipinski definition) is 3. The summed E-state index contributed by atoms with van der Waals surface area (Å²) in [5.41, 5.74) is -0.00463. The van der Waals surface area contributed by atoms with Crippen LogP contribution in [0, 0.1) is 0 Å². The van der Waals surface area contributed by atoms with E-state index in [9.17, 15) is 4.79 Å². The summed E-state index contributed by atoms with van der Waals surface area (Å²) in [6.45, 7) is 5.32. The van der Waals surface area contributed by atoms with E-state index in [1.807, 2.05) is 0 Å². The molecule has 1 saturated heterocycles. The topological polar surface area (TPSA) is 58.0 Å². The molecule has 1 aliphatic heterocycles. The maximum absolute atomic E-state index is 10.9. The van der Waals surface area contributed by atoms with Crippen LogP contribution < -0.4 is 10.9 Å². The fourth-order valence-corrected chi connectivity index (χ4v) is 2.12. The molecule has 1 aliphatic rings. The zero-order valence-electron chi connectivity index (χ0n) is 8.59. The third-order valence-corrected chi connectivity index (χ3v) is 2.80. The van der Waals surface area contributed by atoms with Crippen molar-refractivity contribution >= 4 is 0 Å². The van der Waals surface area contributed by atoms with Crippen LogP contribution in [-0.2, 0) is 0 Å². The average Bonchev–Trinajstić information content (AvgIpc) is 2.50. The van der Waals surface area contributed by atoms with Crippen LogP contribution in [0.25, 0.3) is 0 Å². The fourth-order valence-electron chi connectivity index (χ4n) is 2.12. The van der Waals surface area contributed by atoms with Crippen molar-refractivity contribution in [3.63, 3.8) is 0 Å². The highest BCUT2D eigenvalue weighted by molar-refractivity contribution is 5.06. The summed E-state index contributed by atoms with van der Waals surface area (Å²) in [6, 6.07) is 1.56. The summed E-state index contributed by atoms with van der Waals surface area (Å²) in [5.74, 6) is 1.16. The van der Waals surface area contributed by atoms with E-state index < -0.39 is 0 Å². The fraction of sp³-hybridized carbons (Fsp3) is 0.700. The van der Waals surface area contributed by atoms with Crippen molar-refractivity contribution in [3.8, 4) is 0 Å². The van der Waals surface area contributed by atoms with Crippen molar-refractivity contribution in [3.05, 3.63) is 22.2 Å². The molecular formula is C10H16N2O2. The van der Waals surface area contributed by atoms with Crippen LogP contribution in [0.15, 0.2) is 15.4 Å². The molecule has 14 heavy (non-hydrogen) atoms. The van der Waals surface area contributed by atoms with Gasteiger partial charge in [-0.25, -0.2) is 0 Å². The number of aromatic nitrogens is 1. The molecule has 1 aromatic rings. The van der Waals surface area contributed by atoms with E-state index in [1.165, 1.54) is 0 Å². The highest BCUT2D eigenvalue weighted by Gasteiger charge is 2.30. The minimum atomic E-state index is -0.142. The molecule has 0 spiro atoms. The Bertz CT molecular complexity index is 364. The first-order valence-electron chi connectivity index (χ1n) is 5.00. The molecule has 0 bridgehead atoms. The number of H-pyrrole nitrogens is 1. The monoisotopic (exact) mass is 196 g/mol. The Morgan fingerprint density at radius 2 is 2.36 bits per heavy atom. The Labute approximate surface area is 82.7 Å². The lowest BCUT2D eigenvalue weighted by molar-refractivity contribution is 0.241. The maximum Gasteiger partial charge on any atom is 0.280 e. The van der Waals surface area contributed by atoms with Gasteiger partial charge in [0.2, 0.25) is 0 Å². The molecule has 2 heterocycles. The smallest absolute Gasteiger partial charge is 0.280 e. The van der Waals surface area contributed by atoms with Gasteiger partial charge in [0, 0.05) is 17.5 Å². The minimum Gasteiger partial charge on any atom is -0.383 e. The van der Waals surface area contributed by atoms with E-state index in [1.54, 1.807) is 6.07 Å². The van der Waals surface area contributed by atoms with Crippen molar-refractivity contribution in [1.82, 2.24) is 10.5 Å². The van der Waals surface area contributed by atoms with E-state index in [-0.39, 0.29) is 11.1 Å². The lowest BCUT2D eigenvalue weighted by Gasteiger charge is -2.35. The molecule has 1 unspecified atom stereocenters. The van der Waals surface area contributed by atoms with Crippen LogP contribution in [0.2, 0.25) is 0 Å². The van der Waals surface area contributed by atoms with E-state index >= 15 is 0 Å². The molecule has 2 rings (SSSR count). The molecule has 0 radical (unpaired) electrons. The quantitative estimate of drug-likeness (QED) is 0.710. The maximum atomic E-state index is 10.9. The van der Waals surface area contributed by atoms with Crippen LogP contribution in [0.4, 0.5) is 0 Å². The lowest BCUT2D eigenvalue weighted by Crippen LogP contribution is -2.45. The Kier molecular flexibility index (Phi) is 2.23. The number of piperidine rings is 1. The summed E-state index contributed by atoms with van der Waals surface area (Å²) in [5, 5.41) is 5.78. The Balaban J connectivity index is 2.15. The summed E-state index contributed by atoms with van der Waals surface area (Å²) >= 11 is 0. The van der Waals surface area contributed by atoms with Crippen LogP contribution >= 0.6 is 0 Å². The van der Waals surface area contributed by atoms with Crippen molar-refractivity contribution < 1.29 is 4.52 Å². The molecule has 1 aromatic heterocycles. The van der Waals surface area contributed by atoms with Gasteiger partial charge in [-0.1, -0.05) is 0 Å². The number of rotatable bonds is 1. The van der Waals surface area contributed by atoms with Gasteiger partial charge in [-0.3, -0.25) is 4.79 Å². The van der Waals surface area contributed by atoms with Gasteiger partial charge in [-0.05, 0) is 33.2 Å². The Morgan fingerprint density at radius 3 is 2.93 bits per heavy atom. The van der Waals surface area contributed by atoms with Gasteiger partial charge in [0.05, 0.1) is 0 Å². The second-order valence-electron chi connectivity index (χ2n) is 4.62. The molecule has 78 valence electrons. The third-order valence-electron chi connectivity index (χ3n) is 2.80. The summed E-state index contributed by atoms with van der Waals surface area (Å²) in [6.07, 6.45) is 2.04. The predicted molar refractivity (Wildman–Crippen MR) is 53.4 cm³/mol. The van der Waals surface area contributed by atoms with Crippen LogP contribution in [0.1, 0.15) is 38.4 Å². The predicted octanol–water partition coefficient (Wildman–Crippen LogP) is 1.21. The molecule has 0 aromatic carbocycles. The molecule has 4 nitrogen and oxygen atoms in total. The molecule has 0 amide bonds. The summed E-state index contributed by atoms with van der Waals surface area (Å²) in [4.78, 5) is 10.9. The van der Waals surface area contributed by atoms with Crippen molar-refractivity contribution in [2.24, 2.45) is 0 Å². The average molecular weight is 196 g/mol. The number of nitrogens with one attached hydrogen (secondary N) is 2. The Hall–Kier alpha value is -1.03. The van der Waals surface area contributed by atoms with Gasteiger partial charge < -0.3 is 9.84 Å². The molecule has 0 aliphatic carbocycles. The van der Waals surface area contributed by atoms with Gasteiger partial charge in [-0.2, -0.15) is 5.16 Å². The second-order valence-corrected chi connectivity index (χ2v) is 4.62. The van der Waals surface area contributed by atoms with Crippen molar-refractivity contribution in [1.29, 1.82) is 0 Å². The highest BCUT2D eigenvalue weighted by atomic mass is 16.5. The first-order valence-corrected chi connectivity index (χ1v) is 5.00. The molecule has 0 saturated carbocycles. The van der Waals surface area contributed by atoms with E-state index in [0.29, 0.717) is 5.92 Å². The van der Waals surface area contributed by atoms with Gasteiger partial charge in [0.1, 0.15) is 5.76 Å². The molecule has 2 N–H and O–H groups in total. The third kappa shape index (κ3) is 1.90. The summed E-state index contributed by atoms with van der Waals surface area (Å²) < 4.78 is 5.13. The largest absolute Gasteiger partial charge is 0.383 e. The van der Waals surface area contributed by atoms with Gasteiger partial charge in [0.15, 0.2) is 0 Å².